The Labute approximate surface area is 360 Å². The van der Waals surface area contributed by atoms with Gasteiger partial charge in [-0.25, -0.2) is 5.09 Å². The molecule has 3 aliphatic heterocycles. The Bertz CT molecular complexity index is 2250. The summed E-state index contributed by atoms with van der Waals surface area (Å²) >= 11 is 0. The molecule has 324 valence electrons. The van der Waals surface area contributed by atoms with Crippen molar-refractivity contribution >= 4 is 42.0 Å². The van der Waals surface area contributed by atoms with Crippen molar-refractivity contribution in [3.63, 3.8) is 0 Å². The number of benzene rings is 3. The summed E-state index contributed by atoms with van der Waals surface area (Å²) in [6.07, 6.45) is 16.0. The first-order chi connectivity index (χ1) is 29.4. The van der Waals surface area contributed by atoms with Crippen molar-refractivity contribution in [3.05, 3.63) is 102 Å². The molecule has 2 aliphatic carbocycles. The number of amides is 3. The van der Waals surface area contributed by atoms with E-state index in [-0.39, 0.29) is 35.9 Å². The predicted octanol–water partition coefficient (Wildman–Crippen LogP) is 9.04. The molecule has 1 saturated carbocycles. The zero-order valence-corrected chi connectivity index (χ0v) is 36.9. The van der Waals surface area contributed by atoms with E-state index in [1.54, 1.807) is 50.2 Å². The maximum atomic E-state index is 14.8. The van der Waals surface area contributed by atoms with Crippen LogP contribution in [0, 0.1) is 11.8 Å². The smallest absolute Gasteiger partial charge is 0.324 e. The lowest BCUT2D eigenvalue weighted by Gasteiger charge is -2.37. The quantitative estimate of drug-likeness (QED) is 0.129. The lowest BCUT2D eigenvalue weighted by molar-refractivity contribution is -0.148. The molecule has 0 radical (unpaired) electrons. The summed E-state index contributed by atoms with van der Waals surface area (Å²) in [4.78, 5) is 60.0. The Morgan fingerprint density at radius 3 is 2.48 bits per heavy atom. The largest absolute Gasteiger partial charge is 0.465 e. The van der Waals surface area contributed by atoms with E-state index in [9.17, 15) is 23.7 Å². The van der Waals surface area contributed by atoms with Gasteiger partial charge in [0.25, 0.3) is 5.91 Å². The maximum absolute atomic E-state index is 14.8. The van der Waals surface area contributed by atoms with E-state index in [2.05, 4.69) is 40.5 Å². The lowest BCUT2D eigenvalue weighted by atomic mass is 9.85. The SMILES string of the molecule is CCCOC(=O)[C@H](C)NP(=O)(Oc1ccccc1)C(C)c1ccc2ccc(C(=O)N[C@H]3CCCC[C@H]4CC[C@@H](C(=O)N5C[C@H](C6=CC=CC(C)C6)CC56CC6)N4C3=O)cc2c1. The van der Waals surface area contributed by atoms with Crippen LogP contribution < -0.4 is 14.9 Å². The van der Waals surface area contributed by atoms with Crippen LogP contribution >= 0.6 is 7.52 Å². The molecule has 3 amide bonds. The highest BCUT2D eigenvalue weighted by Gasteiger charge is 2.58. The fourth-order valence-electron chi connectivity index (χ4n) is 10.1. The molecule has 61 heavy (non-hydrogen) atoms. The first-order valence-corrected chi connectivity index (χ1v) is 24.2. The third kappa shape index (κ3) is 9.10. The Balaban J connectivity index is 0.989. The van der Waals surface area contributed by atoms with Crippen molar-refractivity contribution in [1.82, 2.24) is 20.2 Å². The van der Waals surface area contributed by atoms with E-state index in [4.69, 9.17) is 9.26 Å². The van der Waals surface area contributed by atoms with Gasteiger partial charge in [0.2, 0.25) is 11.8 Å². The Morgan fingerprint density at radius 1 is 0.951 bits per heavy atom. The number of rotatable bonds is 13. The minimum absolute atomic E-state index is 0.0101. The Hall–Kier alpha value is -4.73. The van der Waals surface area contributed by atoms with Crippen LogP contribution in [0.5, 0.6) is 5.75 Å². The molecule has 8 atom stereocenters. The standard InChI is InChI=1S/C49H61N4O7P/c1-5-26-59-48(57)33(3)51-61(58,60-42-15-7-6-8-16-42)34(4)36-20-18-35-19-21-38(29-39(35)28-36)45(54)50-43-17-10-9-14-41-22-23-44(53(41)46(43)55)47(56)52-31-40(30-49(52)24-25-49)37-13-11-12-32(2)27-37/h6-8,11-13,15-16,18-21,28-29,32-34,40-41,43-44H,5,9-10,14,17,22-27,30-31H2,1-4H3,(H,50,54)(H,51,58)/t32?,33-,34?,40+,41-,43-,44-,61?/m0/s1. The van der Waals surface area contributed by atoms with Crippen molar-refractivity contribution in [2.75, 3.05) is 13.2 Å². The van der Waals surface area contributed by atoms with Crippen molar-refractivity contribution in [3.8, 4) is 5.75 Å². The summed E-state index contributed by atoms with van der Waals surface area (Å²) in [7, 11) is -3.79. The number of carbonyl (C=O) groups excluding carboxylic acids is 4. The van der Waals surface area contributed by atoms with Gasteiger partial charge in [0, 0.05) is 23.7 Å². The van der Waals surface area contributed by atoms with Gasteiger partial charge >= 0.3 is 13.5 Å². The molecule has 3 saturated heterocycles. The molecule has 0 bridgehead atoms. The molecule has 4 fully saturated rings. The van der Waals surface area contributed by atoms with E-state index >= 15 is 0 Å². The second-order valence-corrected chi connectivity index (χ2v) is 20.6. The number of para-hydroxylation sites is 1. The van der Waals surface area contributed by atoms with Crippen LogP contribution in [0.4, 0.5) is 0 Å². The highest BCUT2D eigenvalue weighted by atomic mass is 31.2. The molecule has 11 nitrogen and oxygen atoms in total. The van der Waals surface area contributed by atoms with E-state index in [1.165, 1.54) is 5.57 Å². The summed E-state index contributed by atoms with van der Waals surface area (Å²) < 4.78 is 26.3. The summed E-state index contributed by atoms with van der Waals surface area (Å²) in [6.45, 7) is 8.54. The van der Waals surface area contributed by atoms with Gasteiger partial charge in [-0.2, -0.15) is 0 Å². The monoisotopic (exact) mass is 848 g/mol. The topological polar surface area (TPSA) is 134 Å². The van der Waals surface area contributed by atoms with Crippen LogP contribution in [0.25, 0.3) is 10.8 Å². The van der Waals surface area contributed by atoms with Gasteiger partial charge in [0.15, 0.2) is 0 Å². The fourth-order valence-corrected chi connectivity index (χ4v) is 12.2. The fraction of sp³-hybridized carbons (Fsp3) is 0.510. The summed E-state index contributed by atoms with van der Waals surface area (Å²) in [5.74, 6) is 0.314. The van der Waals surface area contributed by atoms with E-state index in [0.29, 0.717) is 48.0 Å². The molecule has 12 heteroatoms. The number of fused-ring (bicyclic) bond motifs is 2. The number of hydrogen-bond acceptors (Lipinski definition) is 7. The number of nitrogens with one attached hydrogen (secondary N) is 2. The normalized spacial score (nSPS) is 26.4. The third-order valence-corrected chi connectivity index (χ3v) is 16.3. The van der Waals surface area contributed by atoms with Gasteiger partial charge < -0.3 is 24.4 Å². The molecule has 5 aliphatic rings. The second-order valence-electron chi connectivity index (χ2n) is 18.2. The summed E-state index contributed by atoms with van der Waals surface area (Å²) in [5.41, 5.74) is 1.75. The second kappa shape index (κ2) is 17.9. The number of ether oxygens (including phenoxy) is 1. The molecule has 1 spiro atoms. The molecule has 3 aromatic carbocycles. The first-order valence-electron chi connectivity index (χ1n) is 22.5. The van der Waals surface area contributed by atoms with Crippen LogP contribution in [-0.4, -0.2) is 76.3 Å². The number of esters is 1. The minimum atomic E-state index is -3.79. The number of hydrogen-bond donors (Lipinski definition) is 2. The Morgan fingerprint density at radius 2 is 1.72 bits per heavy atom. The maximum Gasteiger partial charge on any atom is 0.324 e. The average Bonchev–Trinajstić information content (AvgIpc) is 3.75. The minimum Gasteiger partial charge on any atom is -0.465 e. The van der Waals surface area contributed by atoms with Crippen molar-refractivity contribution in [2.45, 2.75) is 134 Å². The first kappa shape index (κ1) is 42.9. The number of likely N-dealkylation sites (tertiary alicyclic amines) is 1. The molecule has 3 aromatic rings. The van der Waals surface area contributed by atoms with Crippen molar-refractivity contribution in [2.24, 2.45) is 11.8 Å². The summed E-state index contributed by atoms with van der Waals surface area (Å²) in [6, 6.07) is 17.8. The molecule has 2 N–H and O–H groups in total. The van der Waals surface area contributed by atoms with Crippen molar-refractivity contribution < 1.29 is 33.0 Å². The van der Waals surface area contributed by atoms with E-state index in [0.717, 1.165) is 68.7 Å². The van der Waals surface area contributed by atoms with Gasteiger partial charge in [-0.15, -0.1) is 0 Å². The zero-order chi connectivity index (χ0) is 42.9. The molecular formula is C49H61N4O7P. The number of carbonyl (C=O) groups is 4. The number of nitrogens with zero attached hydrogens (tertiary/aromatic N) is 2. The lowest BCUT2D eigenvalue weighted by Crippen LogP contribution is -2.57. The van der Waals surface area contributed by atoms with Crippen molar-refractivity contribution in [1.29, 1.82) is 0 Å². The van der Waals surface area contributed by atoms with Crippen LogP contribution in [-0.2, 0) is 23.7 Å². The highest BCUT2D eigenvalue weighted by molar-refractivity contribution is 7.57. The van der Waals surface area contributed by atoms with E-state index < -0.39 is 37.3 Å². The molecule has 3 unspecified atom stereocenters. The number of allylic oxidation sites excluding steroid dienone is 3. The predicted molar refractivity (Wildman–Crippen MR) is 237 cm³/mol. The zero-order valence-electron chi connectivity index (χ0n) is 36.0. The summed E-state index contributed by atoms with van der Waals surface area (Å²) in [5, 5.41) is 7.70. The molecule has 8 rings (SSSR count). The van der Waals surface area contributed by atoms with Crippen LogP contribution in [0.1, 0.15) is 120 Å². The Kier molecular flexibility index (Phi) is 12.6. The highest BCUT2D eigenvalue weighted by Crippen LogP contribution is 2.57. The third-order valence-electron chi connectivity index (χ3n) is 13.7. The van der Waals surface area contributed by atoms with Gasteiger partial charge in [-0.1, -0.05) is 93.0 Å². The van der Waals surface area contributed by atoms with Crippen LogP contribution in [0.15, 0.2) is 90.5 Å². The van der Waals surface area contributed by atoms with Gasteiger partial charge in [-0.05, 0) is 124 Å². The molecule has 0 aromatic heterocycles. The molecule has 3 heterocycles. The van der Waals surface area contributed by atoms with Crippen LogP contribution in [0.3, 0.4) is 0 Å². The van der Waals surface area contributed by atoms with Gasteiger partial charge in [0.05, 0.1) is 12.3 Å². The molecular weight excluding hydrogens is 788 g/mol. The van der Waals surface area contributed by atoms with Gasteiger partial charge in [-0.3, -0.25) is 23.7 Å². The average molecular weight is 849 g/mol. The van der Waals surface area contributed by atoms with Crippen LogP contribution in [0.2, 0.25) is 0 Å². The van der Waals surface area contributed by atoms with E-state index in [1.807, 2.05) is 42.2 Å². The van der Waals surface area contributed by atoms with Gasteiger partial charge in [0.1, 0.15) is 23.9 Å².